The zero-order chi connectivity index (χ0) is 14.1. The fraction of sp³-hybridized carbons (Fsp3) is 0.400. The molecule has 0 bridgehead atoms. The van der Waals surface area contributed by atoms with Gasteiger partial charge in [0.05, 0.1) is 12.0 Å². The molecule has 0 aliphatic heterocycles. The molecule has 0 fully saturated rings. The van der Waals surface area contributed by atoms with Crippen molar-refractivity contribution in [3.8, 4) is 0 Å². The van der Waals surface area contributed by atoms with Crippen LogP contribution >= 0.6 is 12.4 Å². The largest absolute Gasteiger partial charge is 0.416 e. The first-order valence-corrected chi connectivity index (χ1v) is 4.70. The van der Waals surface area contributed by atoms with E-state index < -0.39 is 41.8 Å². The summed E-state index contributed by atoms with van der Waals surface area (Å²) in [7, 11) is 0. The zero-order valence-corrected chi connectivity index (χ0v) is 9.96. The topological polar surface area (TPSA) is 26.0 Å². The van der Waals surface area contributed by atoms with Gasteiger partial charge in [-0.15, -0.1) is 12.4 Å². The summed E-state index contributed by atoms with van der Waals surface area (Å²) in [6.45, 7) is 0. The monoisotopic (exact) mass is 311 g/mol. The predicted molar refractivity (Wildman–Crippen MR) is 56.3 cm³/mol. The van der Waals surface area contributed by atoms with E-state index in [0.29, 0.717) is 12.1 Å². The molecule has 0 aromatic heterocycles. The van der Waals surface area contributed by atoms with Gasteiger partial charge in [0.15, 0.2) is 0 Å². The molecule has 2 N–H and O–H groups in total. The standard InChI is InChI=1S/C10H8F7N.ClH/c11-6-3-1-2-5(10(15,16)17)8(6)7(18)4-9(12,13)14;/h1-3,7H,4,18H2;1H/t7-;/m0./s1. The average molecular weight is 312 g/mol. The molecule has 1 aromatic rings. The Morgan fingerprint density at radius 3 is 2.00 bits per heavy atom. The van der Waals surface area contributed by atoms with Crippen molar-refractivity contribution < 1.29 is 30.7 Å². The highest BCUT2D eigenvalue weighted by atomic mass is 35.5. The molecule has 0 aliphatic carbocycles. The second-order valence-corrected chi connectivity index (χ2v) is 3.62. The van der Waals surface area contributed by atoms with E-state index in [1.165, 1.54) is 0 Å². The van der Waals surface area contributed by atoms with Crippen molar-refractivity contribution in [2.24, 2.45) is 5.73 Å². The van der Waals surface area contributed by atoms with Crippen molar-refractivity contribution in [2.45, 2.75) is 24.8 Å². The molecule has 1 rings (SSSR count). The Balaban J connectivity index is 0.00000324. The van der Waals surface area contributed by atoms with Gasteiger partial charge in [-0.25, -0.2) is 4.39 Å². The summed E-state index contributed by atoms with van der Waals surface area (Å²) in [5, 5.41) is 0. The van der Waals surface area contributed by atoms with Crippen molar-refractivity contribution in [1.82, 2.24) is 0 Å². The van der Waals surface area contributed by atoms with Crippen LogP contribution in [-0.2, 0) is 6.18 Å². The van der Waals surface area contributed by atoms with Crippen LogP contribution in [0.3, 0.4) is 0 Å². The molecule has 1 aromatic carbocycles. The quantitative estimate of drug-likeness (QED) is 0.813. The van der Waals surface area contributed by atoms with Crippen LogP contribution in [0.1, 0.15) is 23.6 Å². The number of halogens is 8. The van der Waals surface area contributed by atoms with Crippen molar-refractivity contribution in [2.75, 3.05) is 0 Å². The summed E-state index contributed by atoms with van der Waals surface area (Å²) in [6.07, 6.45) is -11.5. The number of hydrogen-bond acceptors (Lipinski definition) is 1. The van der Waals surface area contributed by atoms with Crippen LogP contribution in [0.4, 0.5) is 30.7 Å². The summed E-state index contributed by atoms with van der Waals surface area (Å²) in [5.41, 5.74) is 2.37. The number of benzene rings is 1. The van der Waals surface area contributed by atoms with E-state index in [9.17, 15) is 30.7 Å². The summed E-state index contributed by atoms with van der Waals surface area (Å²) < 4.78 is 87.0. The van der Waals surface area contributed by atoms with Crippen LogP contribution < -0.4 is 5.73 Å². The highest BCUT2D eigenvalue weighted by Crippen LogP contribution is 2.38. The van der Waals surface area contributed by atoms with E-state index in [1.54, 1.807) is 0 Å². The normalized spacial score (nSPS) is 13.9. The number of alkyl halides is 6. The smallest absolute Gasteiger partial charge is 0.324 e. The first kappa shape index (κ1) is 18.0. The predicted octanol–water partition coefficient (Wildman–Crippen LogP) is 4.22. The summed E-state index contributed by atoms with van der Waals surface area (Å²) in [5.74, 6) is -1.40. The van der Waals surface area contributed by atoms with Gasteiger partial charge in [0.25, 0.3) is 0 Å². The SMILES string of the molecule is Cl.N[C@@H](CC(F)(F)F)c1c(F)cccc1C(F)(F)F. The Bertz CT molecular complexity index is 427. The summed E-state index contributed by atoms with van der Waals surface area (Å²) in [4.78, 5) is 0. The van der Waals surface area contributed by atoms with Crippen LogP contribution in [0, 0.1) is 5.82 Å². The maximum Gasteiger partial charge on any atom is 0.416 e. The summed E-state index contributed by atoms with van der Waals surface area (Å²) >= 11 is 0. The first-order valence-electron chi connectivity index (χ1n) is 4.70. The number of rotatable bonds is 2. The van der Waals surface area contributed by atoms with Crippen LogP contribution in [0.5, 0.6) is 0 Å². The van der Waals surface area contributed by atoms with Crippen molar-refractivity contribution >= 4 is 12.4 Å². The fourth-order valence-electron chi connectivity index (χ4n) is 1.51. The fourth-order valence-corrected chi connectivity index (χ4v) is 1.51. The molecule has 0 saturated carbocycles. The molecule has 1 nitrogen and oxygen atoms in total. The Labute approximate surface area is 110 Å². The van der Waals surface area contributed by atoms with E-state index in [1.807, 2.05) is 0 Å². The van der Waals surface area contributed by atoms with Crippen LogP contribution in [0.2, 0.25) is 0 Å². The Hall–Kier alpha value is -1.02. The van der Waals surface area contributed by atoms with Crippen molar-refractivity contribution in [1.29, 1.82) is 0 Å². The summed E-state index contributed by atoms with van der Waals surface area (Å²) in [6, 6.07) is -0.194. The van der Waals surface area contributed by atoms with Gasteiger partial charge in [0, 0.05) is 11.6 Å². The minimum Gasteiger partial charge on any atom is -0.324 e. The lowest BCUT2D eigenvalue weighted by Gasteiger charge is -2.20. The van der Waals surface area contributed by atoms with Gasteiger partial charge in [0.2, 0.25) is 0 Å². The van der Waals surface area contributed by atoms with Crippen LogP contribution in [-0.4, -0.2) is 6.18 Å². The molecule has 0 spiro atoms. The number of nitrogens with two attached hydrogens (primary N) is 1. The molecule has 9 heteroatoms. The van der Waals surface area contributed by atoms with Gasteiger partial charge in [-0.2, -0.15) is 26.3 Å². The van der Waals surface area contributed by atoms with Gasteiger partial charge in [-0.3, -0.25) is 0 Å². The first-order chi connectivity index (χ1) is 8.02. The molecule has 0 saturated heterocycles. The molecule has 0 radical (unpaired) electrons. The molecule has 0 unspecified atom stereocenters. The van der Waals surface area contributed by atoms with Gasteiger partial charge in [-0.1, -0.05) is 6.07 Å². The van der Waals surface area contributed by atoms with E-state index in [0.717, 1.165) is 6.07 Å². The molecule has 0 amide bonds. The Kier molecular flexibility index (Phi) is 5.64. The maximum atomic E-state index is 13.3. The van der Waals surface area contributed by atoms with Gasteiger partial charge in [0.1, 0.15) is 5.82 Å². The highest BCUT2D eigenvalue weighted by molar-refractivity contribution is 5.85. The maximum absolute atomic E-state index is 13.3. The van der Waals surface area contributed by atoms with Gasteiger partial charge >= 0.3 is 12.4 Å². The van der Waals surface area contributed by atoms with Crippen LogP contribution in [0.25, 0.3) is 0 Å². The second-order valence-electron chi connectivity index (χ2n) is 3.62. The van der Waals surface area contributed by atoms with E-state index >= 15 is 0 Å². The van der Waals surface area contributed by atoms with Gasteiger partial charge in [-0.05, 0) is 12.1 Å². The molecule has 1 atom stereocenters. The third-order valence-corrected chi connectivity index (χ3v) is 2.18. The minimum absolute atomic E-state index is 0. The van der Waals surface area contributed by atoms with Crippen molar-refractivity contribution in [3.63, 3.8) is 0 Å². The third-order valence-electron chi connectivity index (χ3n) is 2.18. The Morgan fingerprint density at radius 2 is 1.58 bits per heavy atom. The lowest BCUT2D eigenvalue weighted by atomic mass is 9.97. The number of hydrogen-bond donors (Lipinski definition) is 1. The lowest BCUT2D eigenvalue weighted by Crippen LogP contribution is -2.24. The average Bonchev–Trinajstić information content (AvgIpc) is 2.12. The molecule has 19 heavy (non-hydrogen) atoms. The molecular weight excluding hydrogens is 303 g/mol. The van der Waals surface area contributed by atoms with Crippen molar-refractivity contribution in [3.05, 3.63) is 35.1 Å². The second kappa shape index (κ2) is 5.96. The van der Waals surface area contributed by atoms with E-state index in [-0.39, 0.29) is 12.4 Å². The zero-order valence-electron chi connectivity index (χ0n) is 9.15. The lowest BCUT2D eigenvalue weighted by molar-refractivity contribution is -0.145. The molecular formula is C10H9ClF7N. The minimum atomic E-state index is -4.96. The third kappa shape index (κ3) is 4.87. The van der Waals surface area contributed by atoms with Gasteiger partial charge < -0.3 is 5.73 Å². The van der Waals surface area contributed by atoms with E-state index in [4.69, 9.17) is 5.73 Å². The van der Waals surface area contributed by atoms with Crippen LogP contribution in [0.15, 0.2) is 18.2 Å². The molecule has 0 heterocycles. The highest BCUT2D eigenvalue weighted by Gasteiger charge is 2.39. The molecule has 110 valence electrons. The molecule has 0 aliphatic rings. The Morgan fingerprint density at radius 1 is 1.05 bits per heavy atom. The van der Waals surface area contributed by atoms with E-state index in [2.05, 4.69) is 0 Å².